The molecular formula is C23H29N3O4. The van der Waals surface area contributed by atoms with E-state index >= 15 is 0 Å². The molecule has 30 heavy (non-hydrogen) atoms. The van der Waals surface area contributed by atoms with Gasteiger partial charge in [0.05, 0.1) is 14.2 Å². The number of methoxy groups -OCH3 is 2. The quantitative estimate of drug-likeness (QED) is 0.729. The first-order valence-electron chi connectivity index (χ1n) is 10.2. The molecule has 0 aromatic heterocycles. The van der Waals surface area contributed by atoms with Crippen LogP contribution in [0.3, 0.4) is 0 Å². The van der Waals surface area contributed by atoms with Crippen LogP contribution in [0.4, 0.5) is 10.5 Å². The molecule has 1 aliphatic rings. The van der Waals surface area contributed by atoms with Crippen molar-refractivity contribution in [1.82, 2.24) is 10.2 Å². The highest BCUT2D eigenvalue weighted by Crippen LogP contribution is 2.25. The predicted molar refractivity (Wildman–Crippen MR) is 116 cm³/mol. The normalized spacial score (nSPS) is 14.1. The maximum absolute atomic E-state index is 12.4. The van der Waals surface area contributed by atoms with Crippen molar-refractivity contribution in [1.29, 1.82) is 0 Å². The number of anilines is 1. The van der Waals surface area contributed by atoms with E-state index in [0.717, 1.165) is 24.1 Å². The van der Waals surface area contributed by atoms with Gasteiger partial charge >= 0.3 is 6.03 Å². The summed E-state index contributed by atoms with van der Waals surface area (Å²) in [5.41, 5.74) is 1.69. The second-order valence-corrected chi connectivity index (χ2v) is 7.39. The van der Waals surface area contributed by atoms with E-state index in [2.05, 4.69) is 10.6 Å². The minimum atomic E-state index is -0.0873. The van der Waals surface area contributed by atoms with E-state index in [1.165, 1.54) is 0 Å². The summed E-state index contributed by atoms with van der Waals surface area (Å²) < 4.78 is 10.6. The van der Waals surface area contributed by atoms with Gasteiger partial charge in [0.25, 0.3) is 0 Å². The Kier molecular flexibility index (Phi) is 7.54. The number of rotatable bonds is 7. The Bertz CT molecular complexity index is 849. The van der Waals surface area contributed by atoms with Crippen molar-refractivity contribution in [3.8, 4) is 11.5 Å². The number of benzene rings is 2. The van der Waals surface area contributed by atoms with Crippen LogP contribution in [0.15, 0.2) is 48.5 Å². The van der Waals surface area contributed by atoms with Gasteiger partial charge in [0.1, 0.15) is 11.5 Å². The van der Waals surface area contributed by atoms with Crippen LogP contribution in [0.2, 0.25) is 0 Å². The molecule has 2 aromatic rings. The minimum absolute atomic E-state index is 0.0139. The van der Waals surface area contributed by atoms with Gasteiger partial charge in [-0.2, -0.15) is 0 Å². The third-order valence-electron chi connectivity index (χ3n) is 5.37. The highest BCUT2D eigenvalue weighted by molar-refractivity contribution is 5.89. The number of piperidine rings is 1. The lowest BCUT2D eigenvalue weighted by atomic mass is 9.93. The molecule has 0 unspecified atom stereocenters. The van der Waals surface area contributed by atoms with Crippen molar-refractivity contribution in [2.24, 2.45) is 5.92 Å². The molecule has 1 heterocycles. The van der Waals surface area contributed by atoms with Crippen LogP contribution in [0.1, 0.15) is 24.8 Å². The largest absolute Gasteiger partial charge is 0.497 e. The molecule has 0 radical (unpaired) electrons. The van der Waals surface area contributed by atoms with E-state index in [0.29, 0.717) is 37.6 Å². The fraction of sp³-hybridized carbons (Fsp3) is 0.391. The third-order valence-corrected chi connectivity index (χ3v) is 5.37. The molecule has 0 bridgehead atoms. The Morgan fingerprint density at radius 3 is 2.43 bits per heavy atom. The molecule has 1 aliphatic heterocycles. The van der Waals surface area contributed by atoms with Gasteiger partial charge in [0.2, 0.25) is 5.91 Å². The van der Waals surface area contributed by atoms with Crippen molar-refractivity contribution in [2.75, 3.05) is 32.6 Å². The van der Waals surface area contributed by atoms with Crippen molar-refractivity contribution in [3.05, 3.63) is 54.1 Å². The SMILES string of the molecule is COc1ccc(CNC(=O)CC2CCN(C(=O)Nc3ccccc3)CC2)c(OC)c1. The number of nitrogens with zero attached hydrogens (tertiary/aromatic N) is 1. The molecule has 0 spiro atoms. The van der Waals surface area contributed by atoms with E-state index in [1.807, 2.05) is 47.4 Å². The van der Waals surface area contributed by atoms with Gasteiger partial charge in [-0.1, -0.05) is 18.2 Å². The molecule has 1 fully saturated rings. The minimum Gasteiger partial charge on any atom is -0.497 e. The van der Waals surface area contributed by atoms with Crippen LogP contribution in [0.25, 0.3) is 0 Å². The molecule has 7 heteroatoms. The summed E-state index contributed by atoms with van der Waals surface area (Å²) in [5, 5.41) is 5.88. The predicted octanol–water partition coefficient (Wildman–Crippen LogP) is 3.65. The first-order valence-corrected chi connectivity index (χ1v) is 10.2. The van der Waals surface area contributed by atoms with E-state index in [4.69, 9.17) is 9.47 Å². The number of hydrogen-bond donors (Lipinski definition) is 2. The maximum Gasteiger partial charge on any atom is 0.321 e. The van der Waals surface area contributed by atoms with Gasteiger partial charge in [0, 0.05) is 43.4 Å². The first kappa shape index (κ1) is 21.5. The molecule has 3 rings (SSSR count). The van der Waals surface area contributed by atoms with Crippen LogP contribution >= 0.6 is 0 Å². The molecule has 2 N–H and O–H groups in total. The van der Waals surface area contributed by atoms with Crippen molar-refractivity contribution >= 4 is 17.6 Å². The molecule has 1 saturated heterocycles. The van der Waals surface area contributed by atoms with Crippen molar-refractivity contribution in [3.63, 3.8) is 0 Å². The fourth-order valence-corrected chi connectivity index (χ4v) is 3.59. The monoisotopic (exact) mass is 411 g/mol. The van der Waals surface area contributed by atoms with E-state index in [9.17, 15) is 9.59 Å². The van der Waals surface area contributed by atoms with E-state index < -0.39 is 0 Å². The summed E-state index contributed by atoms with van der Waals surface area (Å²) >= 11 is 0. The van der Waals surface area contributed by atoms with Crippen molar-refractivity contribution in [2.45, 2.75) is 25.8 Å². The van der Waals surface area contributed by atoms with Crippen LogP contribution in [-0.4, -0.2) is 44.1 Å². The smallest absolute Gasteiger partial charge is 0.321 e. The number of urea groups is 1. The van der Waals surface area contributed by atoms with E-state index in [-0.39, 0.29) is 17.9 Å². The van der Waals surface area contributed by atoms with Gasteiger partial charge < -0.3 is 25.0 Å². The first-order chi connectivity index (χ1) is 14.6. The zero-order valence-corrected chi connectivity index (χ0v) is 17.5. The average molecular weight is 412 g/mol. The van der Waals surface area contributed by atoms with Crippen LogP contribution in [-0.2, 0) is 11.3 Å². The number of likely N-dealkylation sites (tertiary alicyclic amines) is 1. The highest BCUT2D eigenvalue weighted by Gasteiger charge is 2.24. The second kappa shape index (κ2) is 10.5. The number of carbonyl (C=O) groups is 2. The zero-order chi connectivity index (χ0) is 21.3. The number of ether oxygens (including phenoxy) is 2. The summed E-state index contributed by atoms with van der Waals surface area (Å²) in [6.07, 6.45) is 2.11. The summed E-state index contributed by atoms with van der Waals surface area (Å²) in [7, 11) is 3.20. The number of carbonyl (C=O) groups excluding carboxylic acids is 2. The number of amides is 3. The molecule has 0 aliphatic carbocycles. The van der Waals surface area contributed by atoms with Gasteiger partial charge in [0.15, 0.2) is 0 Å². The summed E-state index contributed by atoms with van der Waals surface area (Å²) in [6, 6.07) is 14.9. The highest BCUT2D eigenvalue weighted by atomic mass is 16.5. The number of para-hydroxylation sites is 1. The van der Waals surface area contributed by atoms with Crippen molar-refractivity contribution < 1.29 is 19.1 Å². The Morgan fingerprint density at radius 2 is 1.77 bits per heavy atom. The van der Waals surface area contributed by atoms with Crippen LogP contribution in [0.5, 0.6) is 11.5 Å². The van der Waals surface area contributed by atoms with Crippen LogP contribution < -0.4 is 20.1 Å². The lowest BCUT2D eigenvalue weighted by Crippen LogP contribution is -2.41. The molecule has 2 aromatic carbocycles. The molecule has 7 nitrogen and oxygen atoms in total. The van der Waals surface area contributed by atoms with Gasteiger partial charge in [-0.3, -0.25) is 4.79 Å². The molecule has 0 atom stereocenters. The third kappa shape index (κ3) is 5.89. The van der Waals surface area contributed by atoms with E-state index in [1.54, 1.807) is 20.3 Å². The summed E-state index contributed by atoms with van der Waals surface area (Å²) in [5.74, 6) is 1.70. The number of hydrogen-bond acceptors (Lipinski definition) is 4. The van der Waals surface area contributed by atoms with Gasteiger partial charge in [-0.15, -0.1) is 0 Å². The fourth-order valence-electron chi connectivity index (χ4n) is 3.59. The number of nitrogens with one attached hydrogen (secondary N) is 2. The Morgan fingerprint density at radius 1 is 1.03 bits per heavy atom. The average Bonchev–Trinajstić information content (AvgIpc) is 2.78. The van der Waals surface area contributed by atoms with Gasteiger partial charge in [-0.25, -0.2) is 4.79 Å². The molecule has 0 saturated carbocycles. The molecule has 3 amide bonds. The standard InChI is InChI=1S/C23H29N3O4/c1-29-20-9-8-18(21(15-20)30-2)16-24-22(27)14-17-10-12-26(13-11-17)23(28)25-19-6-4-3-5-7-19/h3-9,15,17H,10-14,16H2,1-2H3,(H,24,27)(H,25,28). The second-order valence-electron chi connectivity index (χ2n) is 7.39. The zero-order valence-electron chi connectivity index (χ0n) is 17.5. The van der Waals surface area contributed by atoms with Crippen LogP contribution in [0, 0.1) is 5.92 Å². The van der Waals surface area contributed by atoms with Gasteiger partial charge in [-0.05, 0) is 43.0 Å². The lowest BCUT2D eigenvalue weighted by Gasteiger charge is -2.31. The lowest BCUT2D eigenvalue weighted by molar-refractivity contribution is -0.122. The molecular weight excluding hydrogens is 382 g/mol. The molecule has 160 valence electrons. The topological polar surface area (TPSA) is 79.9 Å². The Labute approximate surface area is 177 Å². The maximum atomic E-state index is 12.4. The Balaban J connectivity index is 1.41. The summed E-state index contributed by atoms with van der Waals surface area (Å²) in [4.78, 5) is 26.6. The summed E-state index contributed by atoms with van der Waals surface area (Å²) in [6.45, 7) is 1.72. The Hall–Kier alpha value is -3.22.